The second-order valence-corrected chi connectivity index (χ2v) is 5.22. The van der Waals surface area contributed by atoms with Gasteiger partial charge in [0.25, 0.3) is 0 Å². The fraction of sp³-hybridized carbons (Fsp3) is 0.294. The zero-order valence-electron chi connectivity index (χ0n) is 13.5. The van der Waals surface area contributed by atoms with E-state index in [0.29, 0.717) is 5.56 Å². The summed E-state index contributed by atoms with van der Waals surface area (Å²) >= 11 is 0. The zero-order valence-corrected chi connectivity index (χ0v) is 13.5. The maximum absolute atomic E-state index is 12.4. The molecule has 1 aromatic heterocycles. The average molecular weight is 354 g/mol. The maximum Gasteiger partial charge on any atom is 0.387 e. The zero-order chi connectivity index (χ0) is 18.6. The van der Waals surface area contributed by atoms with Crippen molar-refractivity contribution in [3.63, 3.8) is 0 Å². The Morgan fingerprint density at radius 1 is 1.32 bits per heavy atom. The van der Waals surface area contributed by atoms with Crippen LogP contribution in [0.25, 0.3) is 0 Å². The Morgan fingerprint density at radius 2 is 2.04 bits per heavy atom. The third-order valence-electron chi connectivity index (χ3n) is 3.47. The Bertz CT molecular complexity index is 815. The van der Waals surface area contributed by atoms with Gasteiger partial charge < -0.3 is 19.0 Å². The van der Waals surface area contributed by atoms with Gasteiger partial charge in [-0.3, -0.25) is 9.59 Å². The summed E-state index contributed by atoms with van der Waals surface area (Å²) in [5.74, 6) is -2.25. The van der Waals surface area contributed by atoms with Gasteiger partial charge in [-0.05, 0) is 24.6 Å². The van der Waals surface area contributed by atoms with Gasteiger partial charge in [0.2, 0.25) is 11.2 Å². The van der Waals surface area contributed by atoms with Crippen molar-refractivity contribution in [1.29, 1.82) is 0 Å². The highest BCUT2D eigenvalue weighted by molar-refractivity contribution is 5.71. The minimum absolute atomic E-state index is 0.128. The van der Waals surface area contributed by atoms with Gasteiger partial charge in [-0.15, -0.1) is 0 Å². The molecule has 1 heterocycles. The minimum Gasteiger partial charge on any atom is -0.502 e. The molecular formula is C17H16F2O6. The first kappa shape index (κ1) is 18.4. The molecule has 0 unspecified atom stereocenters. The van der Waals surface area contributed by atoms with Crippen LogP contribution >= 0.6 is 0 Å². The summed E-state index contributed by atoms with van der Waals surface area (Å²) in [6, 6.07) is 6.68. The van der Waals surface area contributed by atoms with Crippen LogP contribution in [0.1, 0.15) is 29.4 Å². The lowest BCUT2D eigenvalue weighted by molar-refractivity contribution is -0.141. The van der Waals surface area contributed by atoms with Gasteiger partial charge in [0, 0.05) is 6.07 Å². The standard InChI is InChI=1S/C17H16F2O6/c1-9-6-13(20)15(22)16(24-9)12(8-14(21)23-2)10-4-3-5-11(7-10)25-17(18)19/h3-7,12,17,22H,8H2,1-2H3/t12-/m1/s1. The fourth-order valence-corrected chi connectivity index (χ4v) is 2.38. The quantitative estimate of drug-likeness (QED) is 0.803. The monoisotopic (exact) mass is 354 g/mol. The van der Waals surface area contributed by atoms with Crippen LogP contribution in [-0.2, 0) is 9.53 Å². The van der Waals surface area contributed by atoms with Crippen molar-refractivity contribution in [2.45, 2.75) is 25.9 Å². The number of benzene rings is 1. The molecule has 0 aliphatic carbocycles. The number of halogens is 2. The summed E-state index contributed by atoms with van der Waals surface area (Å²) in [5.41, 5.74) is -0.332. The Labute approximate surface area is 141 Å². The lowest BCUT2D eigenvalue weighted by Gasteiger charge is -2.17. The van der Waals surface area contributed by atoms with E-state index in [4.69, 9.17) is 4.42 Å². The van der Waals surface area contributed by atoms with E-state index in [2.05, 4.69) is 9.47 Å². The van der Waals surface area contributed by atoms with E-state index in [-0.39, 0.29) is 23.7 Å². The Kier molecular flexibility index (Phi) is 5.74. The van der Waals surface area contributed by atoms with Crippen LogP contribution in [-0.4, -0.2) is 24.8 Å². The molecule has 6 nitrogen and oxygen atoms in total. The molecule has 0 saturated heterocycles. The van der Waals surface area contributed by atoms with Gasteiger partial charge in [0.05, 0.1) is 19.4 Å². The molecule has 0 bridgehead atoms. The highest BCUT2D eigenvalue weighted by Gasteiger charge is 2.26. The number of rotatable bonds is 6. The SMILES string of the molecule is COC(=O)C[C@H](c1cccc(OC(F)F)c1)c1oc(C)cc(=O)c1O. The first-order chi connectivity index (χ1) is 11.8. The van der Waals surface area contributed by atoms with Crippen LogP contribution in [0, 0.1) is 6.92 Å². The summed E-state index contributed by atoms with van der Waals surface area (Å²) in [6.45, 7) is -1.50. The molecule has 0 aliphatic heterocycles. The Balaban J connectivity index is 2.54. The van der Waals surface area contributed by atoms with E-state index in [9.17, 15) is 23.5 Å². The van der Waals surface area contributed by atoms with Gasteiger partial charge in [-0.2, -0.15) is 8.78 Å². The number of aryl methyl sites for hydroxylation is 1. The summed E-state index contributed by atoms with van der Waals surface area (Å²) in [6.07, 6.45) is -0.269. The normalized spacial score (nSPS) is 12.0. The van der Waals surface area contributed by atoms with Gasteiger partial charge in [0.1, 0.15) is 11.5 Å². The molecule has 1 N–H and O–H groups in total. The number of carbonyl (C=O) groups is 1. The first-order valence-corrected chi connectivity index (χ1v) is 7.27. The van der Waals surface area contributed by atoms with Crippen molar-refractivity contribution in [2.24, 2.45) is 0 Å². The van der Waals surface area contributed by atoms with Crippen LogP contribution in [0.5, 0.6) is 11.5 Å². The molecule has 1 aromatic carbocycles. The van der Waals surface area contributed by atoms with Gasteiger partial charge in [-0.25, -0.2) is 0 Å². The van der Waals surface area contributed by atoms with Crippen LogP contribution in [0.3, 0.4) is 0 Å². The van der Waals surface area contributed by atoms with Gasteiger partial charge >= 0.3 is 12.6 Å². The van der Waals surface area contributed by atoms with Gasteiger partial charge in [-0.1, -0.05) is 12.1 Å². The minimum atomic E-state index is -3.01. The van der Waals surface area contributed by atoms with E-state index in [1.54, 1.807) is 0 Å². The average Bonchev–Trinajstić information content (AvgIpc) is 2.55. The molecule has 2 rings (SSSR count). The molecule has 0 fully saturated rings. The topological polar surface area (TPSA) is 86.0 Å². The molecule has 1 atom stereocenters. The number of methoxy groups -OCH3 is 1. The maximum atomic E-state index is 12.4. The Morgan fingerprint density at radius 3 is 2.68 bits per heavy atom. The molecule has 0 saturated carbocycles. The molecule has 134 valence electrons. The van der Waals surface area contributed by atoms with Crippen LogP contribution in [0.4, 0.5) is 8.78 Å². The summed E-state index contributed by atoms with van der Waals surface area (Å²) in [7, 11) is 1.18. The molecule has 2 aromatic rings. The van der Waals surface area contributed by atoms with E-state index < -0.39 is 29.7 Å². The molecule has 25 heavy (non-hydrogen) atoms. The second-order valence-electron chi connectivity index (χ2n) is 5.22. The van der Waals surface area contributed by atoms with Crippen molar-refractivity contribution in [2.75, 3.05) is 7.11 Å². The fourth-order valence-electron chi connectivity index (χ4n) is 2.38. The van der Waals surface area contributed by atoms with Crippen molar-refractivity contribution < 1.29 is 32.6 Å². The Hall–Kier alpha value is -2.90. The largest absolute Gasteiger partial charge is 0.502 e. The number of aromatic hydroxyl groups is 1. The number of alkyl halides is 2. The van der Waals surface area contributed by atoms with Crippen LogP contribution in [0.2, 0.25) is 0 Å². The predicted molar refractivity (Wildman–Crippen MR) is 82.9 cm³/mol. The van der Waals surface area contributed by atoms with E-state index >= 15 is 0 Å². The molecule has 8 heteroatoms. The molecule has 0 aliphatic rings. The van der Waals surface area contributed by atoms with Crippen molar-refractivity contribution in [3.8, 4) is 11.5 Å². The first-order valence-electron chi connectivity index (χ1n) is 7.27. The highest BCUT2D eigenvalue weighted by atomic mass is 19.3. The summed E-state index contributed by atoms with van der Waals surface area (Å²) < 4.78 is 39.2. The number of carbonyl (C=O) groups excluding carboxylic acids is 1. The van der Waals surface area contributed by atoms with E-state index in [1.165, 1.54) is 38.3 Å². The smallest absolute Gasteiger partial charge is 0.387 e. The number of ether oxygens (including phenoxy) is 2. The van der Waals surface area contributed by atoms with E-state index in [1.807, 2.05) is 0 Å². The molecule has 0 amide bonds. The lowest BCUT2D eigenvalue weighted by atomic mass is 9.92. The van der Waals surface area contributed by atoms with E-state index in [0.717, 1.165) is 6.07 Å². The van der Waals surface area contributed by atoms with Crippen molar-refractivity contribution in [1.82, 2.24) is 0 Å². The van der Waals surface area contributed by atoms with Crippen LogP contribution in [0.15, 0.2) is 39.5 Å². The van der Waals surface area contributed by atoms with Crippen molar-refractivity contribution in [3.05, 3.63) is 57.6 Å². The molecular weight excluding hydrogens is 338 g/mol. The van der Waals surface area contributed by atoms with Crippen molar-refractivity contribution >= 4 is 5.97 Å². The highest BCUT2D eigenvalue weighted by Crippen LogP contribution is 2.34. The number of hydrogen-bond donors (Lipinski definition) is 1. The number of hydrogen-bond acceptors (Lipinski definition) is 6. The summed E-state index contributed by atoms with van der Waals surface area (Å²) in [4.78, 5) is 23.6. The molecule has 0 radical (unpaired) electrons. The lowest BCUT2D eigenvalue weighted by Crippen LogP contribution is -2.14. The van der Waals surface area contributed by atoms with Gasteiger partial charge in [0.15, 0.2) is 5.76 Å². The third kappa shape index (κ3) is 4.56. The molecule has 0 spiro atoms. The summed E-state index contributed by atoms with van der Waals surface area (Å²) in [5, 5.41) is 10.0. The second kappa shape index (κ2) is 7.78. The van der Waals surface area contributed by atoms with Crippen LogP contribution < -0.4 is 10.2 Å². The number of esters is 1. The predicted octanol–water partition coefficient (Wildman–Crippen LogP) is 2.95. The third-order valence-corrected chi connectivity index (χ3v) is 3.47.